The molecule has 1 aromatic rings. The van der Waals surface area contributed by atoms with Gasteiger partial charge in [-0.25, -0.2) is 0 Å². The van der Waals surface area contributed by atoms with Crippen LogP contribution in [0.15, 0.2) is 24.3 Å². The molecule has 76 valence electrons. The number of nitro groups is 1. The average Bonchev–Trinajstić information content (AvgIpc) is 2.15. The summed E-state index contributed by atoms with van der Waals surface area (Å²) in [7, 11) is 0. The number of nitrogens with zero attached hydrogens (tertiary/aromatic N) is 1. The van der Waals surface area contributed by atoms with Gasteiger partial charge in [0.1, 0.15) is 0 Å². The largest absolute Gasteiger partial charge is 0.265 e. The zero-order valence-corrected chi connectivity index (χ0v) is 8.56. The summed E-state index contributed by atoms with van der Waals surface area (Å²) < 4.78 is 0. The van der Waals surface area contributed by atoms with Crippen molar-refractivity contribution in [2.45, 2.75) is 26.2 Å². The molecule has 0 radical (unpaired) electrons. The molecular formula is C11H15NO2. The summed E-state index contributed by atoms with van der Waals surface area (Å²) >= 11 is 0. The van der Waals surface area contributed by atoms with Crippen LogP contribution >= 0.6 is 0 Å². The first kappa shape index (κ1) is 10.7. The molecular weight excluding hydrogens is 178 g/mol. The third-order valence-electron chi connectivity index (χ3n) is 2.41. The van der Waals surface area contributed by atoms with Crippen LogP contribution < -0.4 is 0 Å². The van der Waals surface area contributed by atoms with E-state index in [0.717, 1.165) is 12.0 Å². The quantitative estimate of drug-likeness (QED) is 0.545. The molecule has 14 heavy (non-hydrogen) atoms. The normalized spacial score (nSPS) is 12.4. The van der Waals surface area contributed by atoms with Gasteiger partial charge in [-0.3, -0.25) is 10.1 Å². The van der Waals surface area contributed by atoms with Gasteiger partial charge in [-0.2, -0.15) is 0 Å². The second kappa shape index (κ2) is 4.74. The number of hydrogen-bond donors (Lipinski definition) is 0. The number of aryl methyl sites for hydroxylation is 1. The second-order valence-electron chi connectivity index (χ2n) is 3.53. The van der Waals surface area contributed by atoms with Crippen molar-refractivity contribution >= 4 is 0 Å². The summed E-state index contributed by atoms with van der Waals surface area (Å²) in [5, 5.41) is 10.4. The number of benzene rings is 1. The van der Waals surface area contributed by atoms with Gasteiger partial charge in [0.05, 0.1) is 0 Å². The smallest absolute Gasteiger partial charge is 0.210 e. The Morgan fingerprint density at radius 3 is 2.36 bits per heavy atom. The van der Waals surface area contributed by atoms with Crippen LogP contribution in [0, 0.1) is 17.0 Å². The predicted octanol–water partition coefficient (Wildman–Crippen LogP) is 2.77. The Kier molecular flexibility index (Phi) is 3.63. The summed E-state index contributed by atoms with van der Waals surface area (Å²) in [6, 6.07) is 7.95. The van der Waals surface area contributed by atoms with E-state index in [9.17, 15) is 10.1 Å². The van der Waals surface area contributed by atoms with Gasteiger partial charge >= 0.3 is 0 Å². The number of hydrogen-bond acceptors (Lipinski definition) is 2. The van der Waals surface area contributed by atoms with Crippen LogP contribution in [0.3, 0.4) is 0 Å². The van der Waals surface area contributed by atoms with E-state index in [1.807, 2.05) is 38.1 Å². The maximum Gasteiger partial charge on any atom is 0.210 e. The third kappa shape index (κ3) is 2.83. The van der Waals surface area contributed by atoms with E-state index in [1.165, 1.54) is 5.56 Å². The van der Waals surface area contributed by atoms with Crippen LogP contribution in [-0.2, 0) is 0 Å². The maximum absolute atomic E-state index is 10.4. The minimum atomic E-state index is -0.242. The highest BCUT2D eigenvalue weighted by Gasteiger charge is 2.14. The molecule has 0 N–H and O–H groups in total. The van der Waals surface area contributed by atoms with Crippen molar-refractivity contribution in [2.75, 3.05) is 6.54 Å². The Morgan fingerprint density at radius 2 is 1.93 bits per heavy atom. The molecule has 0 amide bonds. The zero-order chi connectivity index (χ0) is 10.6. The van der Waals surface area contributed by atoms with Crippen molar-refractivity contribution in [1.82, 2.24) is 0 Å². The molecule has 3 heteroatoms. The monoisotopic (exact) mass is 193 g/mol. The summed E-state index contributed by atoms with van der Waals surface area (Å²) in [5.41, 5.74) is 2.25. The van der Waals surface area contributed by atoms with Crippen LogP contribution in [0.4, 0.5) is 0 Å². The van der Waals surface area contributed by atoms with Crippen molar-refractivity contribution in [1.29, 1.82) is 0 Å². The van der Waals surface area contributed by atoms with Gasteiger partial charge in [0, 0.05) is 10.8 Å². The van der Waals surface area contributed by atoms with Crippen molar-refractivity contribution < 1.29 is 4.92 Å². The van der Waals surface area contributed by atoms with E-state index in [1.54, 1.807) is 0 Å². The molecule has 3 nitrogen and oxygen atoms in total. The topological polar surface area (TPSA) is 43.1 Å². The lowest BCUT2D eigenvalue weighted by molar-refractivity contribution is -0.483. The van der Waals surface area contributed by atoms with Gasteiger partial charge < -0.3 is 0 Å². The van der Waals surface area contributed by atoms with Gasteiger partial charge in [0.25, 0.3) is 0 Å². The van der Waals surface area contributed by atoms with Crippen LogP contribution in [0.5, 0.6) is 0 Å². The number of rotatable bonds is 4. The molecule has 0 aliphatic carbocycles. The maximum atomic E-state index is 10.4. The summed E-state index contributed by atoms with van der Waals surface area (Å²) in [6.45, 7) is 4.02. The Hall–Kier alpha value is -1.38. The fourth-order valence-corrected chi connectivity index (χ4v) is 1.49. The van der Waals surface area contributed by atoms with Crippen molar-refractivity contribution in [2.24, 2.45) is 0 Å². The first-order chi connectivity index (χ1) is 6.63. The Bertz CT molecular complexity index is 306. The Balaban J connectivity index is 2.78. The van der Waals surface area contributed by atoms with Gasteiger partial charge in [0.2, 0.25) is 6.54 Å². The molecule has 0 saturated carbocycles. The first-order valence-electron chi connectivity index (χ1n) is 4.82. The lowest BCUT2D eigenvalue weighted by Crippen LogP contribution is -2.11. The predicted molar refractivity (Wildman–Crippen MR) is 56.1 cm³/mol. The third-order valence-corrected chi connectivity index (χ3v) is 2.41. The fourth-order valence-electron chi connectivity index (χ4n) is 1.49. The minimum absolute atomic E-state index is 0.0273. The minimum Gasteiger partial charge on any atom is -0.265 e. The highest BCUT2D eigenvalue weighted by atomic mass is 16.6. The Morgan fingerprint density at radius 1 is 1.36 bits per heavy atom. The highest BCUT2D eigenvalue weighted by molar-refractivity contribution is 5.24. The Labute approximate surface area is 83.9 Å². The van der Waals surface area contributed by atoms with Gasteiger partial charge in [-0.05, 0) is 18.9 Å². The molecule has 0 bridgehead atoms. The van der Waals surface area contributed by atoms with E-state index in [-0.39, 0.29) is 17.4 Å². The molecule has 1 atom stereocenters. The SMILES string of the molecule is CCC(C[N+](=O)[O-])c1ccc(C)cc1. The molecule has 0 aliphatic heterocycles. The van der Waals surface area contributed by atoms with Crippen LogP contribution in [-0.4, -0.2) is 11.5 Å². The van der Waals surface area contributed by atoms with Crippen molar-refractivity contribution in [3.05, 3.63) is 45.5 Å². The van der Waals surface area contributed by atoms with Crippen LogP contribution in [0.25, 0.3) is 0 Å². The summed E-state index contributed by atoms with van der Waals surface area (Å²) in [5.74, 6) is 0.0469. The summed E-state index contributed by atoms with van der Waals surface area (Å²) in [4.78, 5) is 10.2. The molecule has 0 spiro atoms. The molecule has 0 aliphatic rings. The van der Waals surface area contributed by atoms with Gasteiger partial charge in [0.15, 0.2) is 0 Å². The van der Waals surface area contributed by atoms with Crippen molar-refractivity contribution in [3.63, 3.8) is 0 Å². The van der Waals surface area contributed by atoms with E-state index >= 15 is 0 Å². The van der Waals surface area contributed by atoms with Gasteiger partial charge in [-0.1, -0.05) is 36.8 Å². The molecule has 1 aromatic carbocycles. The zero-order valence-electron chi connectivity index (χ0n) is 8.56. The van der Waals surface area contributed by atoms with Crippen LogP contribution in [0.1, 0.15) is 30.4 Å². The highest BCUT2D eigenvalue weighted by Crippen LogP contribution is 2.19. The average molecular weight is 193 g/mol. The van der Waals surface area contributed by atoms with E-state index in [2.05, 4.69) is 0 Å². The summed E-state index contributed by atoms with van der Waals surface area (Å²) in [6.07, 6.45) is 0.810. The first-order valence-corrected chi connectivity index (χ1v) is 4.82. The molecule has 0 fully saturated rings. The molecule has 0 heterocycles. The molecule has 0 aromatic heterocycles. The second-order valence-corrected chi connectivity index (χ2v) is 3.53. The van der Waals surface area contributed by atoms with E-state index < -0.39 is 0 Å². The molecule has 0 saturated heterocycles. The van der Waals surface area contributed by atoms with Crippen molar-refractivity contribution in [3.8, 4) is 0 Å². The van der Waals surface area contributed by atoms with Crippen LogP contribution in [0.2, 0.25) is 0 Å². The van der Waals surface area contributed by atoms with Gasteiger partial charge in [-0.15, -0.1) is 0 Å². The molecule has 1 unspecified atom stereocenters. The lowest BCUT2D eigenvalue weighted by atomic mass is 9.96. The van der Waals surface area contributed by atoms with E-state index in [0.29, 0.717) is 0 Å². The standard InChI is InChI=1S/C11H15NO2/c1-3-10(8-12(13)14)11-6-4-9(2)5-7-11/h4-7,10H,3,8H2,1-2H3. The fraction of sp³-hybridized carbons (Fsp3) is 0.455. The van der Waals surface area contributed by atoms with E-state index in [4.69, 9.17) is 0 Å². The lowest BCUT2D eigenvalue weighted by Gasteiger charge is -2.10. The molecule has 1 rings (SSSR count).